The second-order valence-corrected chi connectivity index (χ2v) is 0.385. The molecule has 0 N–H and O–H groups in total. The van der Waals surface area contributed by atoms with Crippen LogP contribution in [0.15, 0.2) is 0 Å². The van der Waals surface area contributed by atoms with E-state index < -0.39 is 7.32 Å². The van der Waals surface area contributed by atoms with Gasteiger partial charge in [-0.1, -0.05) is 0 Å². The molecule has 4 nitrogen and oxygen atoms in total. The molecule has 0 aliphatic carbocycles. The average Bonchev–Trinajstić information content (AvgIpc) is 1.38. The fourth-order valence-electron chi connectivity index (χ4n) is 0. The Kier molecular flexibility index (Phi) is 51.2. The third-order valence-electron chi connectivity index (χ3n) is 0.0786. The van der Waals surface area contributed by atoms with Gasteiger partial charge in [0.2, 0.25) is 0 Å². The van der Waals surface area contributed by atoms with E-state index in [1.807, 2.05) is 0 Å². The number of hydrogen-bond donors (Lipinski definition) is 0. The minimum atomic E-state index is -2.67. The second-order valence-electron chi connectivity index (χ2n) is 0.385. The summed E-state index contributed by atoms with van der Waals surface area (Å²) in [6.07, 6.45) is 0. The first kappa shape index (κ1) is 23.0. The molecule has 0 aromatic rings. The van der Waals surface area contributed by atoms with E-state index >= 15 is 0 Å². The zero-order valence-corrected chi connectivity index (χ0v) is 14.6. The first-order valence-corrected chi connectivity index (χ1v) is 0.874. The molecule has 0 aromatic heterocycles. The molecular formula is BK3O4. The van der Waals surface area contributed by atoms with Crippen LogP contribution < -0.4 is 169 Å². The molecule has 8 heavy (non-hydrogen) atoms. The quantitative estimate of drug-likeness (QED) is 0.235. The molecule has 0 saturated carbocycles. The Morgan fingerprint density at radius 3 is 1.12 bits per heavy atom. The molecule has 0 bridgehead atoms. The van der Waals surface area contributed by atoms with Gasteiger partial charge in [-0.25, -0.2) is 0 Å². The van der Waals surface area contributed by atoms with E-state index in [0.717, 1.165) is 0 Å². The standard InChI is InChI=1S/BHO4.3K/c2-1(3)5-4;;;/h4H;;;/q-2;3*+1/p-1. The third kappa shape index (κ3) is 22.4. The fraction of sp³-hybridized carbons (Fsp3) is 0. The maximum absolute atomic E-state index is 8.81. The average molecular weight is 192 g/mol. The smallest absolute Gasteiger partial charge is 0.871 e. The van der Waals surface area contributed by atoms with Crippen molar-refractivity contribution >= 4 is 7.32 Å². The molecule has 0 heterocycles. The van der Waals surface area contributed by atoms with Crippen LogP contribution in [0.1, 0.15) is 0 Å². The van der Waals surface area contributed by atoms with E-state index in [1.54, 1.807) is 0 Å². The van der Waals surface area contributed by atoms with E-state index in [1.165, 1.54) is 0 Å². The number of hydrogen-bond acceptors (Lipinski definition) is 4. The summed E-state index contributed by atoms with van der Waals surface area (Å²) in [6.45, 7) is 0. The van der Waals surface area contributed by atoms with E-state index in [-0.39, 0.29) is 154 Å². The Balaban J connectivity index is -0.0000000267. The van der Waals surface area contributed by atoms with Crippen LogP contribution in [0.4, 0.5) is 0 Å². The molecule has 0 spiro atoms. The molecule has 0 rings (SSSR count). The van der Waals surface area contributed by atoms with Crippen LogP contribution in [0.25, 0.3) is 0 Å². The predicted molar refractivity (Wildman–Crippen MR) is 6.84 cm³/mol. The van der Waals surface area contributed by atoms with Gasteiger partial charge in [0, 0.05) is 7.32 Å². The minimum Gasteiger partial charge on any atom is -0.871 e. The molecular weight excluding hydrogens is 192 g/mol. The van der Waals surface area contributed by atoms with Crippen molar-refractivity contribution in [3.8, 4) is 0 Å². The van der Waals surface area contributed by atoms with Crippen LogP contribution in [-0.2, 0) is 4.81 Å². The summed E-state index contributed by atoms with van der Waals surface area (Å²) in [4.78, 5) is 2.39. The monoisotopic (exact) mass is 192 g/mol. The maximum Gasteiger partial charge on any atom is 1.00 e. The van der Waals surface area contributed by atoms with Crippen LogP contribution in [0.5, 0.6) is 0 Å². The molecule has 8 heteroatoms. The molecule has 0 radical (unpaired) electrons. The number of rotatable bonds is 1. The Morgan fingerprint density at radius 2 is 1.12 bits per heavy atom. The van der Waals surface area contributed by atoms with Crippen molar-refractivity contribution in [3.63, 3.8) is 0 Å². The second kappa shape index (κ2) is 17.8. The van der Waals surface area contributed by atoms with E-state index in [2.05, 4.69) is 4.81 Å². The third-order valence-corrected chi connectivity index (χ3v) is 0.0786. The normalized spacial score (nSPS) is 4.88. The fourth-order valence-corrected chi connectivity index (χ4v) is 0. The van der Waals surface area contributed by atoms with Crippen molar-refractivity contribution in [2.24, 2.45) is 0 Å². The van der Waals surface area contributed by atoms with Gasteiger partial charge in [0.15, 0.2) is 0 Å². The summed E-state index contributed by atoms with van der Waals surface area (Å²) in [5.74, 6) is 0. The predicted octanol–water partition coefficient (Wildman–Crippen LogP) is -13.0. The minimum absolute atomic E-state index is 0. The van der Waals surface area contributed by atoms with Crippen LogP contribution in [0, 0.1) is 0 Å². The van der Waals surface area contributed by atoms with Crippen molar-refractivity contribution in [3.05, 3.63) is 0 Å². The molecule has 0 saturated heterocycles. The first-order chi connectivity index (χ1) is 2.27. The van der Waals surface area contributed by atoms with Gasteiger partial charge in [-0.05, 0) is 0 Å². The van der Waals surface area contributed by atoms with Gasteiger partial charge in [-0.2, -0.15) is 0 Å². The van der Waals surface area contributed by atoms with E-state index in [9.17, 15) is 0 Å². The molecule has 0 aliphatic heterocycles. The van der Waals surface area contributed by atoms with E-state index in [4.69, 9.17) is 15.3 Å². The Morgan fingerprint density at radius 1 is 1.00 bits per heavy atom. The summed E-state index contributed by atoms with van der Waals surface area (Å²) in [7, 11) is -2.67. The largest absolute Gasteiger partial charge is 1.00 e. The van der Waals surface area contributed by atoms with Gasteiger partial charge >= 0.3 is 154 Å². The van der Waals surface area contributed by atoms with Gasteiger partial charge in [0.05, 0.1) is 0 Å². The zero-order valence-electron chi connectivity index (χ0n) is 5.21. The Labute approximate surface area is 175 Å². The van der Waals surface area contributed by atoms with Crippen LogP contribution in [0.3, 0.4) is 0 Å². The summed E-state index contributed by atoms with van der Waals surface area (Å²) < 4.78 is 0. The van der Waals surface area contributed by atoms with Crippen LogP contribution >= 0.6 is 0 Å². The molecule has 0 aromatic carbocycles. The molecule has 0 unspecified atom stereocenters. The SMILES string of the molecule is [K+].[K+].[K+].[O-]OB([O-])[O-]. The molecule has 0 aliphatic rings. The first-order valence-electron chi connectivity index (χ1n) is 0.874. The van der Waals surface area contributed by atoms with Crippen molar-refractivity contribution in [2.75, 3.05) is 0 Å². The van der Waals surface area contributed by atoms with Gasteiger partial charge in [-0.15, -0.1) is 0 Å². The molecule has 0 amide bonds. The zero-order chi connectivity index (χ0) is 4.28. The van der Waals surface area contributed by atoms with Gasteiger partial charge in [0.25, 0.3) is 0 Å². The molecule has 0 atom stereocenters. The topological polar surface area (TPSA) is 78.4 Å². The summed E-state index contributed by atoms with van der Waals surface area (Å²) in [6, 6.07) is 0. The summed E-state index contributed by atoms with van der Waals surface area (Å²) in [5.41, 5.74) is 0. The van der Waals surface area contributed by atoms with Crippen molar-refractivity contribution in [1.29, 1.82) is 0 Å². The van der Waals surface area contributed by atoms with Crippen molar-refractivity contribution in [1.82, 2.24) is 0 Å². The van der Waals surface area contributed by atoms with Crippen LogP contribution in [0.2, 0.25) is 0 Å². The molecule has 30 valence electrons. The van der Waals surface area contributed by atoms with Gasteiger partial charge < -0.3 is 20.1 Å². The Bertz CT molecular complexity index is 25.2. The van der Waals surface area contributed by atoms with Crippen molar-refractivity contribution < 1.29 is 174 Å². The Hall–Kier alpha value is 4.81. The van der Waals surface area contributed by atoms with Gasteiger partial charge in [0.1, 0.15) is 0 Å². The molecule has 0 fully saturated rings. The van der Waals surface area contributed by atoms with E-state index in [0.29, 0.717) is 0 Å². The summed E-state index contributed by atoms with van der Waals surface area (Å²) >= 11 is 0. The summed E-state index contributed by atoms with van der Waals surface area (Å²) in [5, 5.41) is 26.1. The maximum atomic E-state index is 8.81. The van der Waals surface area contributed by atoms with Crippen molar-refractivity contribution in [2.45, 2.75) is 0 Å². The van der Waals surface area contributed by atoms with Crippen LogP contribution in [-0.4, -0.2) is 7.32 Å². The van der Waals surface area contributed by atoms with Gasteiger partial charge in [-0.3, -0.25) is 0 Å².